The molecule has 0 unspecified atom stereocenters. The molecule has 2 atom stereocenters. The monoisotopic (exact) mass is 182 g/mol. The molecular formula is C10H11FO2. The highest BCUT2D eigenvalue weighted by Gasteiger charge is 2.30. The van der Waals surface area contributed by atoms with Crippen LogP contribution in [0.1, 0.15) is 6.92 Å². The van der Waals surface area contributed by atoms with Gasteiger partial charge in [0, 0.05) is 0 Å². The van der Waals surface area contributed by atoms with Crippen molar-refractivity contribution in [2.45, 2.75) is 19.1 Å². The molecule has 0 aliphatic carbocycles. The molecular weight excluding hydrogens is 171 g/mol. The number of halogens is 1. The van der Waals surface area contributed by atoms with Gasteiger partial charge in [0.1, 0.15) is 23.8 Å². The van der Waals surface area contributed by atoms with E-state index in [9.17, 15) is 4.39 Å². The van der Waals surface area contributed by atoms with Gasteiger partial charge in [-0.3, -0.25) is 0 Å². The largest absolute Gasteiger partial charge is 0.488 e. The summed E-state index contributed by atoms with van der Waals surface area (Å²) in [6.07, 6.45) is 0.260. The summed E-state index contributed by atoms with van der Waals surface area (Å²) in [4.78, 5) is 0. The van der Waals surface area contributed by atoms with Gasteiger partial charge in [0.25, 0.3) is 0 Å². The zero-order valence-corrected chi connectivity index (χ0v) is 7.37. The first kappa shape index (κ1) is 8.51. The maximum atomic E-state index is 12.5. The van der Waals surface area contributed by atoms with Crippen molar-refractivity contribution in [1.82, 2.24) is 0 Å². The SMILES string of the molecule is C[C@@H](Oc1ccc(F)cc1)[C@@H]1CO1. The minimum Gasteiger partial charge on any atom is -0.488 e. The summed E-state index contributed by atoms with van der Waals surface area (Å²) in [6.45, 7) is 2.71. The molecule has 13 heavy (non-hydrogen) atoms. The van der Waals surface area contributed by atoms with Crippen LogP contribution in [0.15, 0.2) is 24.3 Å². The third-order valence-corrected chi connectivity index (χ3v) is 2.02. The van der Waals surface area contributed by atoms with E-state index in [4.69, 9.17) is 9.47 Å². The first-order chi connectivity index (χ1) is 6.25. The molecule has 1 aromatic rings. The third kappa shape index (κ3) is 2.18. The number of benzene rings is 1. The van der Waals surface area contributed by atoms with Crippen LogP contribution < -0.4 is 4.74 Å². The highest BCUT2D eigenvalue weighted by Crippen LogP contribution is 2.20. The Morgan fingerprint density at radius 3 is 2.62 bits per heavy atom. The molecule has 0 radical (unpaired) electrons. The molecule has 1 aliphatic rings. The van der Waals surface area contributed by atoms with Gasteiger partial charge in [0.15, 0.2) is 0 Å². The van der Waals surface area contributed by atoms with Crippen molar-refractivity contribution in [2.24, 2.45) is 0 Å². The topological polar surface area (TPSA) is 21.8 Å². The highest BCUT2D eigenvalue weighted by atomic mass is 19.1. The van der Waals surface area contributed by atoms with E-state index in [1.54, 1.807) is 12.1 Å². The van der Waals surface area contributed by atoms with Gasteiger partial charge in [-0.05, 0) is 31.2 Å². The van der Waals surface area contributed by atoms with Gasteiger partial charge < -0.3 is 9.47 Å². The Bertz CT molecular complexity index is 279. The van der Waals surface area contributed by atoms with Crippen LogP contribution in [0.5, 0.6) is 5.75 Å². The average Bonchev–Trinajstić information content (AvgIpc) is 2.91. The Morgan fingerprint density at radius 2 is 2.08 bits per heavy atom. The number of rotatable bonds is 3. The fourth-order valence-corrected chi connectivity index (χ4v) is 1.13. The number of hydrogen-bond donors (Lipinski definition) is 0. The van der Waals surface area contributed by atoms with Gasteiger partial charge in [0.05, 0.1) is 6.61 Å². The van der Waals surface area contributed by atoms with E-state index in [0.717, 1.165) is 6.61 Å². The standard InChI is InChI=1S/C10H11FO2/c1-7(10-6-12-10)13-9-4-2-8(11)3-5-9/h2-5,7,10H,6H2,1H3/t7-,10+/m1/s1. The van der Waals surface area contributed by atoms with Crippen LogP contribution in [0.4, 0.5) is 4.39 Å². The molecule has 0 amide bonds. The Labute approximate surface area is 76.3 Å². The van der Waals surface area contributed by atoms with E-state index in [1.807, 2.05) is 6.92 Å². The molecule has 0 aromatic heterocycles. The van der Waals surface area contributed by atoms with Crippen LogP contribution in [-0.4, -0.2) is 18.8 Å². The summed E-state index contributed by atoms with van der Waals surface area (Å²) in [5.41, 5.74) is 0. The molecule has 1 saturated heterocycles. The normalized spacial score (nSPS) is 22.5. The van der Waals surface area contributed by atoms with Crippen LogP contribution in [0.25, 0.3) is 0 Å². The van der Waals surface area contributed by atoms with E-state index in [1.165, 1.54) is 12.1 Å². The maximum absolute atomic E-state index is 12.5. The molecule has 0 N–H and O–H groups in total. The molecule has 2 rings (SSSR count). The van der Waals surface area contributed by atoms with Crippen LogP contribution in [0, 0.1) is 5.82 Å². The van der Waals surface area contributed by atoms with Crippen LogP contribution >= 0.6 is 0 Å². The number of hydrogen-bond acceptors (Lipinski definition) is 2. The van der Waals surface area contributed by atoms with Crippen molar-refractivity contribution in [3.05, 3.63) is 30.1 Å². The predicted molar refractivity (Wildman–Crippen MR) is 46.2 cm³/mol. The summed E-state index contributed by atoms with van der Waals surface area (Å²) in [6, 6.07) is 6.01. The number of epoxide rings is 1. The van der Waals surface area contributed by atoms with Crippen LogP contribution in [0.2, 0.25) is 0 Å². The second kappa shape index (κ2) is 3.34. The van der Waals surface area contributed by atoms with E-state index < -0.39 is 0 Å². The first-order valence-corrected chi connectivity index (χ1v) is 4.29. The minimum absolute atomic E-state index is 0.0467. The predicted octanol–water partition coefficient (Wildman–Crippen LogP) is 1.99. The average molecular weight is 182 g/mol. The summed E-state index contributed by atoms with van der Waals surface area (Å²) in [7, 11) is 0. The van der Waals surface area contributed by atoms with Gasteiger partial charge in [0.2, 0.25) is 0 Å². The lowest BCUT2D eigenvalue weighted by atomic mass is 10.3. The lowest BCUT2D eigenvalue weighted by molar-refractivity contribution is 0.176. The van der Waals surface area contributed by atoms with Gasteiger partial charge >= 0.3 is 0 Å². The Morgan fingerprint density at radius 1 is 1.46 bits per heavy atom. The van der Waals surface area contributed by atoms with Gasteiger partial charge in [-0.2, -0.15) is 0 Å². The molecule has 1 aromatic carbocycles. The summed E-state index contributed by atoms with van der Waals surface area (Å²) in [5, 5.41) is 0. The van der Waals surface area contributed by atoms with Crippen molar-refractivity contribution in [3.8, 4) is 5.75 Å². The van der Waals surface area contributed by atoms with Gasteiger partial charge in [-0.25, -0.2) is 4.39 Å². The molecule has 1 heterocycles. The van der Waals surface area contributed by atoms with E-state index >= 15 is 0 Å². The lowest BCUT2D eigenvalue weighted by Gasteiger charge is -2.11. The minimum atomic E-state index is -0.248. The van der Waals surface area contributed by atoms with E-state index in [2.05, 4.69) is 0 Å². The Kier molecular flexibility index (Phi) is 2.19. The lowest BCUT2D eigenvalue weighted by Crippen LogP contribution is -2.18. The summed E-state index contributed by atoms with van der Waals surface area (Å²) >= 11 is 0. The maximum Gasteiger partial charge on any atom is 0.124 e. The molecule has 3 heteroatoms. The van der Waals surface area contributed by atoms with Crippen LogP contribution in [-0.2, 0) is 4.74 Å². The van der Waals surface area contributed by atoms with Gasteiger partial charge in [-0.1, -0.05) is 0 Å². The van der Waals surface area contributed by atoms with Gasteiger partial charge in [-0.15, -0.1) is 0 Å². The molecule has 0 spiro atoms. The van der Waals surface area contributed by atoms with Crippen molar-refractivity contribution in [2.75, 3.05) is 6.61 Å². The molecule has 0 saturated carbocycles. The van der Waals surface area contributed by atoms with E-state index in [-0.39, 0.29) is 18.0 Å². The number of ether oxygens (including phenoxy) is 2. The zero-order valence-electron chi connectivity index (χ0n) is 7.37. The van der Waals surface area contributed by atoms with Crippen LogP contribution in [0.3, 0.4) is 0 Å². The van der Waals surface area contributed by atoms with E-state index in [0.29, 0.717) is 5.75 Å². The summed E-state index contributed by atoms with van der Waals surface area (Å²) < 4.78 is 23.1. The smallest absolute Gasteiger partial charge is 0.124 e. The van der Waals surface area contributed by atoms with Crippen molar-refractivity contribution in [3.63, 3.8) is 0 Å². The molecule has 1 fully saturated rings. The second-order valence-corrected chi connectivity index (χ2v) is 3.15. The highest BCUT2D eigenvalue weighted by molar-refractivity contribution is 5.22. The van der Waals surface area contributed by atoms with Crippen molar-refractivity contribution in [1.29, 1.82) is 0 Å². The molecule has 1 aliphatic heterocycles. The second-order valence-electron chi connectivity index (χ2n) is 3.15. The fourth-order valence-electron chi connectivity index (χ4n) is 1.13. The molecule has 0 bridgehead atoms. The fraction of sp³-hybridized carbons (Fsp3) is 0.400. The first-order valence-electron chi connectivity index (χ1n) is 4.29. The quantitative estimate of drug-likeness (QED) is 0.667. The molecule has 70 valence electrons. The van der Waals surface area contributed by atoms with Crippen molar-refractivity contribution < 1.29 is 13.9 Å². The summed E-state index contributed by atoms with van der Waals surface area (Å²) in [5.74, 6) is 0.437. The zero-order chi connectivity index (χ0) is 9.26. The third-order valence-electron chi connectivity index (χ3n) is 2.02. The Hall–Kier alpha value is -1.09. The van der Waals surface area contributed by atoms with Crippen molar-refractivity contribution >= 4 is 0 Å². The Balaban J connectivity index is 1.96. The molecule has 2 nitrogen and oxygen atoms in total.